The molecular formula is C6H9O3. The smallest absolute Gasteiger partial charge is 0.366 e. The highest BCUT2D eigenvalue weighted by atomic mass is 16.5. The summed E-state index contributed by atoms with van der Waals surface area (Å²) in [6, 6.07) is 0. The summed E-state index contributed by atoms with van der Waals surface area (Å²) in [6.45, 7) is 0.568. The number of ether oxygens (including phenoxy) is 1. The molecule has 51 valence electrons. The average molecular weight is 129 g/mol. The van der Waals surface area contributed by atoms with E-state index in [2.05, 4.69) is 0 Å². The van der Waals surface area contributed by atoms with Crippen LogP contribution in [0.15, 0.2) is 0 Å². The standard InChI is InChI=1S/C6H9O3/c7-6(8)5-3-1-2-4-9-5/h5H,1-4H2. The van der Waals surface area contributed by atoms with Gasteiger partial charge in [0.15, 0.2) is 6.10 Å². The predicted octanol–water partition coefficient (Wildman–Crippen LogP) is 0.513. The summed E-state index contributed by atoms with van der Waals surface area (Å²) in [5.74, 6) is -1.07. The molecule has 0 spiro atoms. The highest BCUT2D eigenvalue weighted by Crippen LogP contribution is 2.12. The van der Waals surface area contributed by atoms with E-state index in [1.54, 1.807) is 0 Å². The molecule has 0 aliphatic carbocycles. The number of carbonyl (C=O) groups is 1. The molecule has 1 fully saturated rings. The molecule has 0 bridgehead atoms. The SMILES string of the molecule is [O]C(=O)C1CCCCO1. The molecule has 0 saturated carbocycles. The Morgan fingerprint density at radius 3 is 2.56 bits per heavy atom. The lowest BCUT2D eigenvalue weighted by Gasteiger charge is -2.16. The van der Waals surface area contributed by atoms with E-state index in [0.29, 0.717) is 13.0 Å². The van der Waals surface area contributed by atoms with Crippen LogP contribution in [-0.2, 0) is 14.6 Å². The topological polar surface area (TPSA) is 46.2 Å². The lowest BCUT2D eigenvalue weighted by Crippen LogP contribution is -2.26. The molecule has 1 unspecified atom stereocenters. The third-order valence-electron chi connectivity index (χ3n) is 1.44. The summed E-state index contributed by atoms with van der Waals surface area (Å²) >= 11 is 0. The first kappa shape index (κ1) is 6.55. The first-order valence-corrected chi connectivity index (χ1v) is 3.13. The maximum Gasteiger partial charge on any atom is 0.383 e. The Labute approximate surface area is 53.6 Å². The fourth-order valence-electron chi connectivity index (χ4n) is 0.927. The zero-order valence-electron chi connectivity index (χ0n) is 5.13. The van der Waals surface area contributed by atoms with Crippen molar-refractivity contribution in [3.8, 4) is 0 Å². The summed E-state index contributed by atoms with van der Waals surface area (Å²) in [5.41, 5.74) is 0. The number of hydrogen-bond donors (Lipinski definition) is 0. The predicted molar refractivity (Wildman–Crippen MR) is 29.3 cm³/mol. The number of carbonyl (C=O) groups excluding carboxylic acids is 1. The highest BCUT2D eigenvalue weighted by molar-refractivity contribution is 5.71. The van der Waals surface area contributed by atoms with Crippen LogP contribution < -0.4 is 0 Å². The van der Waals surface area contributed by atoms with Gasteiger partial charge in [-0.15, -0.1) is 0 Å². The normalized spacial score (nSPS) is 27.8. The van der Waals surface area contributed by atoms with E-state index in [0.717, 1.165) is 12.8 Å². The van der Waals surface area contributed by atoms with Crippen molar-refractivity contribution in [1.29, 1.82) is 0 Å². The molecule has 3 heteroatoms. The molecule has 0 aromatic heterocycles. The zero-order valence-corrected chi connectivity index (χ0v) is 5.13. The van der Waals surface area contributed by atoms with Gasteiger partial charge in [0.1, 0.15) is 0 Å². The Balaban J connectivity index is 2.31. The van der Waals surface area contributed by atoms with Crippen LogP contribution in [0.25, 0.3) is 0 Å². The van der Waals surface area contributed by atoms with Gasteiger partial charge < -0.3 is 4.74 Å². The lowest BCUT2D eigenvalue weighted by atomic mass is 10.1. The van der Waals surface area contributed by atoms with Crippen LogP contribution in [0.1, 0.15) is 19.3 Å². The molecule has 1 heterocycles. The van der Waals surface area contributed by atoms with Crippen molar-refractivity contribution in [3.05, 3.63) is 0 Å². The van der Waals surface area contributed by atoms with Gasteiger partial charge >= 0.3 is 5.97 Å². The molecule has 1 aliphatic heterocycles. The first-order chi connectivity index (χ1) is 4.30. The molecule has 3 nitrogen and oxygen atoms in total. The lowest BCUT2D eigenvalue weighted by molar-refractivity contribution is -0.159. The summed E-state index contributed by atoms with van der Waals surface area (Å²) in [4.78, 5) is 10.1. The van der Waals surface area contributed by atoms with Crippen molar-refractivity contribution >= 4 is 5.97 Å². The summed E-state index contributed by atoms with van der Waals surface area (Å²) in [7, 11) is 0. The van der Waals surface area contributed by atoms with Gasteiger partial charge in [-0.05, 0) is 19.3 Å². The van der Waals surface area contributed by atoms with Crippen LogP contribution in [-0.4, -0.2) is 18.7 Å². The molecule has 0 aromatic rings. The molecular weight excluding hydrogens is 120 g/mol. The average Bonchev–Trinajstić information content (AvgIpc) is 1.90. The van der Waals surface area contributed by atoms with E-state index in [4.69, 9.17) is 4.74 Å². The minimum Gasteiger partial charge on any atom is -0.366 e. The molecule has 1 radical (unpaired) electrons. The molecule has 1 saturated heterocycles. The van der Waals surface area contributed by atoms with Crippen LogP contribution in [0.3, 0.4) is 0 Å². The summed E-state index contributed by atoms with van der Waals surface area (Å²) < 4.78 is 4.88. The minimum absolute atomic E-state index is 0.568. The fourth-order valence-corrected chi connectivity index (χ4v) is 0.927. The second kappa shape index (κ2) is 2.82. The van der Waals surface area contributed by atoms with Crippen molar-refractivity contribution in [2.24, 2.45) is 0 Å². The summed E-state index contributed by atoms with van der Waals surface area (Å²) in [6.07, 6.45) is 1.89. The second-order valence-electron chi connectivity index (χ2n) is 2.17. The Morgan fingerprint density at radius 1 is 1.44 bits per heavy atom. The quantitative estimate of drug-likeness (QED) is 0.518. The summed E-state index contributed by atoms with van der Waals surface area (Å²) in [5, 5.41) is 10.1. The van der Waals surface area contributed by atoms with Gasteiger partial charge in [-0.25, -0.2) is 9.90 Å². The van der Waals surface area contributed by atoms with Crippen LogP contribution in [0.5, 0.6) is 0 Å². The third-order valence-corrected chi connectivity index (χ3v) is 1.44. The van der Waals surface area contributed by atoms with E-state index in [9.17, 15) is 9.90 Å². The second-order valence-corrected chi connectivity index (χ2v) is 2.17. The third kappa shape index (κ3) is 1.68. The highest BCUT2D eigenvalue weighted by Gasteiger charge is 2.21. The first-order valence-electron chi connectivity index (χ1n) is 3.13. The molecule has 0 aromatic carbocycles. The Kier molecular flexibility index (Phi) is 2.05. The fraction of sp³-hybridized carbons (Fsp3) is 0.833. The van der Waals surface area contributed by atoms with Gasteiger partial charge in [0.25, 0.3) is 0 Å². The molecule has 9 heavy (non-hydrogen) atoms. The van der Waals surface area contributed by atoms with E-state index in [1.807, 2.05) is 0 Å². The number of hydrogen-bond acceptors (Lipinski definition) is 2. The van der Waals surface area contributed by atoms with Gasteiger partial charge in [0.05, 0.1) is 0 Å². The largest absolute Gasteiger partial charge is 0.383 e. The minimum atomic E-state index is -1.07. The van der Waals surface area contributed by atoms with Crippen molar-refractivity contribution < 1.29 is 14.6 Å². The van der Waals surface area contributed by atoms with Crippen LogP contribution >= 0.6 is 0 Å². The monoisotopic (exact) mass is 129 g/mol. The maximum absolute atomic E-state index is 10.1. The van der Waals surface area contributed by atoms with Crippen molar-refractivity contribution in [2.75, 3.05) is 6.61 Å². The molecule has 1 rings (SSSR count). The van der Waals surface area contributed by atoms with Crippen molar-refractivity contribution in [3.63, 3.8) is 0 Å². The van der Waals surface area contributed by atoms with Gasteiger partial charge in [0, 0.05) is 6.61 Å². The van der Waals surface area contributed by atoms with Crippen LogP contribution in [0.4, 0.5) is 0 Å². The Morgan fingerprint density at radius 2 is 2.22 bits per heavy atom. The van der Waals surface area contributed by atoms with Gasteiger partial charge in [-0.1, -0.05) is 0 Å². The van der Waals surface area contributed by atoms with E-state index in [1.165, 1.54) is 0 Å². The zero-order chi connectivity index (χ0) is 6.69. The van der Waals surface area contributed by atoms with Crippen molar-refractivity contribution in [2.45, 2.75) is 25.4 Å². The molecule has 0 N–H and O–H groups in total. The van der Waals surface area contributed by atoms with E-state index >= 15 is 0 Å². The van der Waals surface area contributed by atoms with Crippen LogP contribution in [0, 0.1) is 0 Å². The van der Waals surface area contributed by atoms with Crippen LogP contribution in [0.2, 0.25) is 0 Å². The molecule has 1 aliphatic rings. The molecule has 1 atom stereocenters. The van der Waals surface area contributed by atoms with E-state index in [-0.39, 0.29) is 0 Å². The van der Waals surface area contributed by atoms with Gasteiger partial charge in [-0.2, -0.15) is 0 Å². The number of rotatable bonds is 1. The van der Waals surface area contributed by atoms with E-state index < -0.39 is 12.1 Å². The Hall–Kier alpha value is -0.570. The van der Waals surface area contributed by atoms with Gasteiger partial charge in [0.2, 0.25) is 0 Å². The Bertz CT molecular complexity index is 105. The molecule has 0 amide bonds. The van der Waals surface area contributed by atoms with Gasteiger partial charge in [-0.3, -0.25) is 0 Å². The van der Waals surface area contributed by atoms with Crippen molar-refractivity contribution in [1.82, 2.24) is 0 Å². The maximum atomic E-state index is 10.1.